The zero-order chi connectivity index (χ0) is 21.6. The molecule has 0 spiro atoms. The molecule has 0 bridgehead atoms. The van der Waals surface area contributed by atoms with Crippen molar-refractivity contribution in [2.75, 3.05) is 11.5 Å². The fraction of sp³-hybridized carbons (Fsp3) is 0.450. The number of nitrogens with one attached hydrogen (secondary N) is 1. The smallest absolute Gasteiger partial charge is 0.211 e. The van der Waals surface area contributed by atoms with Gasteiger partial charge in [0.05, 0.1) is 5.75 Å². The summed E-state index contributed by atoms with van der Waals surface area (Å²) in [5.74, 6) is 0.404. The van der Waals surface area contributed by atoms with Crippen LogP contribution in [0.15, 0.2) is 28.5 Å². The minimum Gasteiger partial charge on any atom is -0.382 e. The van der Waals surface area contributed by atoms with Crippen molar-refractivity contribution in [2.24, 2.45) is 0 Å². The van der Waals surface area contributed by atoms with Gasteiger partial charge < -0.3 is 10.3 Å². The van der Waals surface area contributed by atoms with Crippen LogP contribution in [0, 0.1) is 3.57 Å². The number of nitrogen functional groups attached to an aromatic ring is 1. The van der Waals surface area contributed by atoms with Crippen LogP contribution in [0.5, 0.6) is 0 Å². The van der Waals surface area contributed by atoms with E-state index in [4.69, 9.17) is 10.7 Å². The van der Waals surface area contributed by atoms with Crippen molar-refractivity contribution in [1.29, 1.82) is 0 Å². The molecule has 8 nitrogen and oxygen atoms in total. The predicted octanol–water partition coefficient (Wildman–Crippen LogP) is 3.12. The number of hydrogen-bond acceptors (Lipinski definition) is 7. The molecule has 164 valence electrons. The van der Waals surface area contributed by atoms with E-state index in [0.717, 1.165) is 35.7 Å². The van der Waals surface area contributed by atoms with E-state index in [1.807, 2.05) is 4.57 Å². The van der Waals surface area contributed by atoms with E-state index in [1.165, 1.54) is 27.4 Å². The molecule has 1 aromatic carbocycles. The second kappa shape index (κ2) is 8.49. The Morgan fingerprint density at radius 3 is 2.77 bits per heavy atom. The molecular weight excluding hydrogens is 547 g/mol. The molecule has 31 heavy (non-hydrogen) atoms. The van der Waals surface area contributed by atoms with Crippen LogP contribution in [-0.4, -0.2) is 39.7 Å². The first-order valence-corrected chi connectivity index (χ1v) is 13.9. The topological polar surface area (TPSA) is 116 Å². The van der Waals surface area contributed by atoms with Crippen molar-refractivity contribution in [3.63, 3.8) is 0 Å². The molecule has 2 heterocycles. The molecule has 0 atom stereocenters. The van der Waals surface area contributed by atoms with Gasteiger partial charge in [-0.3, -0.25) is 0 Å². The number of nitrogens with two attached hydrogens (primary N) is 1. The van der Waals surface area contributed by atoms with Crippen molar-refractivity contribution < 1.29 is 8.42 Å². The number of sulfonamides is 1. The molecule has 0 radical (unpaired) electrons. The van der Waals surface area contributed by atoms with Crippen LogP contribution in [0.4, 0.5) is 5.82 Å². The molecular formula is C20H23IN6O2S2. The molecule has 0 unspecified atom stereocenters. The quantitative estimate of drug-likeness (QED) is 0.400. The number of aryl methyl sites for hydroxylation is 3. The second-order valence-corrected chi connectivity index (χ2v) is 12.1. The van der Waals surface area contributed by atoms with Gasteiger partial charge in [-0.2, -0.15) is 0 Å². The van der Waals surface area contributed by atoms with Gasteiger partial charge in [-0.05, 0) is 84.4 Å². The number of rotatable bonds is 8. The maximum atomic E-state index is 12.3. The Morgan fingerprint density at radius 1 is 1.23 bits per heavy atom. The van der Waals surface area contributed by atoms with E-state index in [9.17, 15) is 8.42 Å². The molecule has 11 heteroatoms. The van der Waals surface area contributed by atoms with Crippen LogP contribution in [-0.2, 0) is 29.4 Å². The highest BCUT2D eigenvalue weighted by Crippen LogP contribution is 2.37. The van der Waals surface area contributed by atoms with E-state index in [1.54, 1.807) is 11.8 Å². The molecule has 0 aliphatic heterocycles. The first-order valence-electron chi connectivity index (χ1n) is 10.4. The largest absolute Gasteiger partial charge is 0.382 e. The fourth-order valence-electron chi connectivity index (χ4n) is 3.89. The third-order valence-corrected chi connectivity index (χ3v) is 9.42. The summed E-state index contributed by atoms with van der Waals surface area (Å²) < 4.78 is 30.4. The standard InChI is InChI=1S/C20H23IN6O2S2/c21-15-9-12-3-1-4-13(12)10-16(15)30-20-25-17-18(22)23-11-24-19(17)27(20)7-2-8-31(28,29)26-14-5-6-14/h9-11,14,26H,1-8H2,(H2,22,23,24). The first-order chi connectivity index (χ1) is 14.9. The summed E-state index contributed by atoms with van der Waals surface area (Å²) in [4.78, 5) is 14.3. The lowest BCUT2D eigenvalue weighted by Gasteiger charge is -2.11. The van der Waals surface area contributed by atoms with Gasteiger partial charge in [0.25, 0.3) is 0 Å². The average Bonchev–Trinajstić information content (AvgIpc) is 3.27. The Hall–Kier alpha value is -1.44. The van der Waals surface area contributed by atoms with Gasteiger partial charge >= 0.3 is 0 Å². The summed E-state index contributed by atoms with van der Waals surface area (Å²) in [6.45, 7) is 0.488. The van der Waals surface area contributed by atoms with Crippen LogP contribution in [0.1, 0.15) is 36.8 Å². The average molecular weight is 570 g/mol. The Labute approximate surface area is 199 Å². The molecule has 0 saturated heterocycles. The van der Waals surface area contributed by atoms with Crippen molar-refractivity contribution >= 4 is 61.4 Å². The van der Waals surface area contributed by atoms with Crippen molar-refractivity contribution in [3.05, 3.63) is 33.2 Å². The molecule has 5 rings (SSSR count). The van der Waals surface area contributed by atoms with E-state index in [-0.39, 0.29) is 11.8 Å². The summed E-state index contributed by atoms with van der Waals surface area (Å²) in [7, 11) is -3.27. The summed E-state index contributed by atoms with van der Waals surface area (Å²) in [5, 5.41) is 0.755. The van der Waals surface area contributed by atoms with Gasteiger partial charge in [0.1, 0.15) is 6.33 Å². The zero-order valence-electron chi connectivity index (χ0n) is 16.8. The minimum absolute atomic E-state index is 0.0736. The zero-order valence-corrected chi connectivity index (χ0v) is 20.6. The Balaban J connectivity index is 1.43. The number of halogens is 1. The highest BCUT2D eigenvalue weighted by molar-refractivity contribution is 14.1. The van der Waals surface area contributed by atoms with E-state index in [0.29, 0.717) is 29.9 Å². The third-order valence-electron chi connectivity index (χ3n) is 5.59. The van der Waals surface area contributed by atoms with Crippen LogP contribution >= 0.6 is 34.4 Å². The molecule has 0 amide bonds. The SMILES string of the molecule is Nc1ncnc2c1nc(Sc1cc3c(cc1I)CCC3)n2CCCS(=O)(=O)NC1CC1. The Kier molecular flexibility index (Phi) is 5.86. The number of imidazole rings is 1. The number of aromatic nitrogens is 4. The molecule has 2 aliphatic carbocycles. The highest BCUT2D eigenvalue weighted by atomic mass is 127. The molecule has 1 saturated carbocycles. The van der Waals surface area contributed by atoms with Gasteiger partial charge in [0, 0.05) is 21.1 Å². The Morgan fingerprint density at radius 2 is 2.00 bits per heavy atom. The fourth-order valence-corrected chi connectivity index (χ4v) is 7.10. The first kappa shape index (κ1) is 21.4. The maximum Gasteiger partial charge on any atom is 0.211 e. The number of nitrogens with zero attached hydrogens (tertiary/aromatic N) is 4. The second-order valence-electron chi connectivity index (χ2n) is 8.05. The molecule has 2 aliphatic rings. The lowest BCUT2D eigenvalue weighted by molar-refractivity contribution is 0.568. The van der Waals surface area contributed by atoms with E-state index < -0.39 is 10.0 Å². The van der Waals surface area contributed by atoms with Crippen LogP contribution in [0.2, 0.25) is 0 Å². The molecule has 2 aromatic heterocycles. The normalized spacial score (nSPS) is 16.2. The van der Waals surface area contributed by atoms with Gasteiger partial charge in [-0.15, -0.1) is 0 Å². The summed E-state index contributed by atoms with van der Waals surface area (Å²) in [6, 6.07) is 4.65. The van der Waals surface area contributed by atoms with Crippen LogP contribution < -0.4 is 10.5 Å². The monoisotopic (exact) mass is 570 g/mol. The lowest BCUT2D eigenvalue weighted by Crippen LogP contribution is -2.28. The van der Waals surface area contributed by atoms with Crippen LogP contribution in [0.25, 0.3) is 11.2 Å². The number of benzene rings is 1. The third kappa shape index (κ3) is 4.69. The van der Waals surface area contributed by atoms with Gasteiger partial charge in [0.15, 0.2) is 22.1 Å². The minimum atomic E-state index is -3.27. The van der Waals surface area contributed by atoms with Crippen molar-refractivity contribution in [3.8, 4) is 0 Å². The number of anilines is 1. The summed E-state index contributed by atoms with van der Waals surface area (Å²) in [5.41, 5.74) is 10.1. The van der Waals surface area contributed by atoms with Crippen molar-refractivity contribution in [2.45, 2.75) is 61.2 Å². The number of hydrogen-bond donors (Lipinski definition) is 2. The van der Waals surface area contributed by atoms with E-state index in [2.05, 4.69) is 49.4 Å². The molecule has 1 fully saturated rings. The molecule has 3 aromatic rings. The molecule has 3 N–H and O–H groups in total. The van der Waals surface area contributed by atoms with Gasteiger partial charge in [-0.1, -0.05) is 11.8 Å². The van der Waals surface area contributed by atoms with E-state index >= 15 is 0 Å². The summed E-state index contributed by atoms with van der Waals surface area (Å²) in [6.07, 6.45) is 7.21. The van der Waals surface area contributed by atoms with Gasteiger partial charge in [0.2, 0.25) is 10.0 Å². The lowest BCUT2D eigenvalue weighted by atomic mass is 10.1. The number of fused-ring (bicyclic) bond motifs is 2. The summed E-state index contributed by atoms with van der Waals surface area (Å²) >= 11 is 3.95. The predicted molar refractivity (Wildman–Crippen MR) is 130 cm³/mol. The van der Waals surface area contributed by atoms with Gasteiger partial charge in [-0.25, -0.2) is 28.1 Å². The van der Waals surface area contributed by atoms with Crippen molar-refractivity contribution in [1.82, 2.24) is 24.2 Å². The van der Waals surface area contributed by atoms with Crippen LogP contribution in [0.3, 0.4) is 0 Å². The Bertz CT molecular complexity index is 1260. The highest BCUT2D eigenvalue weighted by Gasteiger charge is 2.27. The maximum absolute atomic E-state index is 12.3.